The van der Waals surface area contributed by atoms with Gasteiger partial charge in [-0.15, -0.1) is 0 Å². The Morgan fingerprint density at radius 2 is 1.91 bits per heavy atom. The van der Waals surface area contributed by atoms with E-state index in [2.05, 4.69) is 0 Å². The highest BCUT2D eigenvalue weighted by atomic mass is 19.3. The van der Waals surface area contributed by atoms with Crippen LogP contribution < -0.4 is 0 Å². The van der Waals surface area contributed by atoms with Gasteiger partial charge in [-0.3, -0.25) is 4.79 Å². The van der Waals surface area contributed by atoms with Gasteiger partial charge in [0.2, 0.25) is 6.43 Å². The fraction of sp³-hybridized carbons (Fsp3) is 0.800. The van der Waals surface area contributed by atoms with Crippen LogP contribution in [0.5, 0.6) is 0 Å². The molecule has 1 aliphatic rings. The molecule has 0 unspecified atom stereocenters. The highest BCUT2D eigenvalue weighted by molar-refractivity contribution is 5.76. The van der Waals surface area contributed by atoms with Gasteiger partial charge in [0.1, 0.15) is 11.8 Å². The zero-order chi connectivity index (χ0) is 8.81. The summed E-state index contributed by atoms with van der Waals surface area (Å²) in [6.07, 6.45) is -3.26. The van der Waals surface area contributed by atoms with Crippen molar-refractivity contribution in [1.29, 1.82) is 0 Å². The molecule has 1 rings (SSSR count). The van der Waals surface area contributed by atoms with Crippen LogP contribution in [0.2, 0.25) is 0 Å². The lowest BCUT2D eigenvalue weighted by Gasteiger charge is -1.91. The minimum absolute atomic E-state index is 1.86. The van der Waals surface area contributed by atoms with Gasteiger partial charge in [0.05, 0.1) is 0 Å². The summed E-state index contributed by atoms with van der Waals surface area (Å²) in [7, 11) is 0. The standard InChI is InChI=1S/C5H4F4O2/c6-3(7)1-2(4(10)11)5(1,8)9/h1-3H,(H,10,11)/t1-,2-/m1/s1. The molecule has 6 heteroatoms. The lowest BCUT2D eigenvalue weighted by atomic mass is 10.3. The Morgan fingerprint density at radius 1 is 1.45 bits per heavy atom. The van der Waals surface area contributed by atoms with Gasteiger partial charge in [-0.2, -0.15) is 0 Å². The molecule has 0 aromatic rings. The SMILES string of the molecule is O=C(O)[C@H]1[C@H](C(F)F)C1(F)F. The van der Waals surface area contributed by atoms with Crippen molar-refractivity contribution < 1.29 is 27.5 Å². The van der Waals surface area contributed by atoms with Gasteiger partial charge in [-0.25, -0.2) is 17.6 Å². The van der Waals surface area contributed by atoms with Gasteiger partial charge in [0, 0.05) is 0 Å². The van der Waals surface area contributed by atoms with Crippen molar-refractivity contribution in [3.63, 3.8) is 0 Å². The second kappa shape index (κ2) is 2.09. The summed E-state index contributed by atoms with van der Waals surface area (Å²) in [5, 5.41) is 7.99. The predicted molar refractivity (Wildman–Crippen MR) is 25.6 cm³/mol. The van der Waals surface area contributed by atoms with Crippen LogP contribution in [-0.4, -0.2) is 23.4 Å². The average molecular weight is 172 g/mol. The Hall–Kier alpha value is -0.810. The van der Waals surface area contributed by atoms with Crippen molar-refractivity contribution >= 4 is 5.97 Å². The van der Waals surface area contributed by atoms with E-state index in [1.54, 1.807) is 0 Å². The Morgan fingerprint density at radius 3 is 2.00 bits per heavy atom. The largest absolute Gasteiger partial charge is 0.481 e. The van der Waals surface area contributed by atoms with Crippen molar-refractivity contribution in [3.05, 3.63) is 0 Å². The molecule has 0 saturated heterocycles. The van der Waals surface area contributed by atoms with Gasteiger partial charge in [0.15, 0.2) is 0 Å². The molecule has 64 valence electrons. The first-order valence-corrected chi connectivity index (χ1v) is 2.77. The molecule has 0 aromatic heterocycles. The normalized spacial score (nSPS) is 33.9. The zero-order valence-electron chi connectivity index (χ0n) is 5.10. The van der Waals surface area contributed by atoms with Crippen LogP contribution in [0.4, 0.5) is 17.6 Å². The van der Waals surface area contributed by atoms with Crippen LogP contribution in [0.15, 0.2) is 0 Å². The first-order valence-electron chi connectivity index (χ1n) is 2.77. The van der Waals surface area contributed by atoms with Gasteiger partial charge in [0.25, 0.3) is 5.92 Å². The highest BCUT2D eigenvalue weighted by Gasteiger charge is 2.76. The predicted octanol–water partition coefficient (Wildman–Crippen LogP) is 1.22. The summed E-state index contributed by atoms with van der Waals surface area (Å²) >= 11 is 0. The molecule has 2 atom stereocenters. The van der Waals surface area contributed by atoms with Gasteiger partial charge < -0.3 is 5.11 Å². The van der Waals surface area contributed by atoms with Crippen molar-refractivity contribution in [2.75, 3.05) is 0 Å². The number of alkyl halides is 4. The zero-order valence-corrected chi connectivity index (χ0v) is 5.10. The molecule has 0 bridgehead atoms. The second-order valence-corrected chi connectivity index (χ2v) is 2.35. The Kier molecular flexibility index (Phi) is 1.57. The van der Waals surface area contributed by atoms with Crippen LogP contribution in [-0.2, 0) is 4.79 Å². The number of hydrogen-bond acceptors (Lipinski definition) is 1. The maximum Gasteiger partial charge on any atom is 0.313 e. The molecular formula is C5H4F4O2. The van der Waals surface area contributed by atoms with Crippen molar-refractivity contribution in [3.8, 4) is 0 Å². The minimum atomic E-state index is -3.72. The van der Waals surface area contributed by atoms with E-state index in [1.807, 2.05) is 0 Å². The molecule has 0 amide bonds. The number of carboxylic acid groups (broad SMARTS) is 1. The number of halogens is 4. The van der Waals surface area contributed by atoms with E-state index >= 15 is 0 Å². The number of carbonyl (C=O) groups is 1. The second-order valence-electron chi connectivity index (χ2n) is 2.35. The monoisotopic (exact) mass is 172 g/mol. The van der Waals surface area contributed by atoms with E-state index in [0.29, 0.717) is 0 Å². The summed E-state index contributed by atoms with van der Waals surface area (Å²) < 4.78 is 47.4. The smallest absolute Gasteiger partial charge is 0.313 e. The van der Waals surface area contributed by atoms with Crippen LogP contribution in [0.1, 0.15) is 0 Å². The quantitative estimate of drug-likeness (QED) is 0.635. The topological polar surface area (TPSA) is 37.3 Å². The maximum atomic E-state index is 12.1. The molecule has 2 nitrogen and oxygen atoms in total. The van der Waals surface area contributed by atoms with E-state index in [0.717, 1.165) is 0 Å². The fourth-order valence-electron chi connectivity index (χ4n) is 0.982. The third-order valence-electron chi connectivity index (χ3n) is 1.65. The molecule has 1 fully saturated rings. The molecule has 0 aliphatic heterocycles. The molecule has 0 spiro atoms. The van der Waals surface area contributed by atoms with Crippen LogP contribution in [0, 0.1) is 11.8 Å². The van der Waals surface area contributed by atoms with E-state index < -0.39 is 30.2 Å². The van der Waals surface area contributed by atoms with E-state index in [4.69, 9.17) is 5.11 Å². The summed E-state index contributed by atoms with van der Waals surface area (Å²) in [6, 6.07) is 0. The first-order chi connectivity index (χ1) is 4.89. The molecule has 11 heavy (non-hydrogen) atoms. The Bertz CT molecular complexity index is 191. The number of hydrogen-bond donors (Lipinski definition) is 1. The summed E-state index contributed by atoms with van der Waals surface area (Å²) in [6.45, 7) is 0. The highest BCUT2D eigenvalue weighted by Crippen LogP contribution is 2.58. The van der Waals surface area contributed by atoms with Crippen LogP contribution >= 0.6 is 0 Å². The molecule has 0 aromatic carbocycles. The van der Waals surface area contributed by atoms with E-state index in [1.165, 1.54) is 0 Å². The molecule has 0 heterocycles. The molecule has 1 saturated carbocycles. The Labute approximate surface area is 58.8 Å². The number of carboxylic acids is 1. The summed E-state index contributed by atoms with van der Waals surface area (Å²) in [5.74, 6) is -10.1. The molecule has 1 N–H and O–H groups in total. The van der Waals surface area contributed by atoms with Crippen LogP contribution in [0.25, 0.3) is 0 Å². The van der Waals surface area contributed by atoms with E-state index in [-0.39, 0.29) is 0 Å². The van der Waals surface area contributed by atoms with Crippen LogP contribution in [0.3, 0.4) is 0 Å². The Balaban J connectivity index is 2.68. The lowest BCUT2D eigenvalue weighted by molar-refractivity contribution is -0.141. The van der Waals surface area contributed by atoms with Gasteiger partial charge in [-0.05, 0) is 0 Å². The average Bonchev–Trinajstić information content (AvgIpc) is 2.33. The third-order valence-corrected chi connectivity index (χ3v) is 1.65. The molecule has 1 aliphatic carbocycles. The van der Waals surface area contributed by atoms with Gasteiger partial charge in [-0.1, -0.05) is 0 Å². The van der Waals surface area contributed by atoms with Gasteiger partial charge >= 0.3 is 5.97 Å². The minimum Gasteiger partial charge on any atom is -0.481 e. The summed E-state index contributed by atoms with van der Waals surface area (Å²) in [5.41, 5.74) is 0. The maximum absolute atomic E-state index is 12.1. The van der Waals surface area contributed by atoms with E-state index in [9.17, 15) is 22.4 Å². The molecular weight excluding hydrogens is 168 g/mol. The van der Waals surface area contributed by atoms with Crippen molar-refractivity contribution in [2.24, 2.45) is 11.8 Å². The molecule has 0 radical (unpaired) electrons. The number of aliphatic carboxylic acids is 1. The van der Waals surface area contributed by atoms with Crippen molar-refractivity contribution in [1.82, 2.24) is 0 Å². The first kappa shape index (κ1) is 8.29. The number of rotatable bonds is 2. The summed E-state index contributed by atoms with van der Waals surface area (Å²) in [4.78, 5) is 9.88. The van der Waals surface area contributed by atoms with Crippen molar-refractivity contribution in [2.45, 2.75) is 12.3 Å². The third kappa shape index (κ3) is 1.06. The fourth-order valence-corrected chi connectivity index (χ4v) is 0.982. The lowest BCUT2D eigenvalue weighted by Crippen LogP contribution is -2.05.